The molecule has 0 spiro atoms. The highest BCUT2D eigenvalue weighted by atomic mass is 15.5. The van der Waals surface area contributed by atoms with Crippen molar-refractivity contribution in [1.82, 2.24) is 35.2 Å². The zero-order valence-corrected chi connectivity index (χ0v) is 18.3. The van der Waals surface area contributed by atoms with E-state index in [1.54, 1.807) is 0 Å². The van der Waals surface area contributed by atoms with Crippen LogP contribution in [0.5, 0.6) is 0 Å². The highest BCUT2D eigenvalue weighted by Gasteiger charge is 2.14. The van der Waals surface area contributed by atoms with Crippen molar-refractivity contribution >= 4 is 11.2 Å². The highest BCUT2D eigenvalue weighted by molar-refractivity contribution is 5.80. The summed E-state index contributed by atoms with van der Waals surface area (Å²) in [6, 6.07) is 20.9. The molecule has 0 aliphatic heterocycles. The second kappa shape index (κ2) is 8.70. The lowest BCUT2D eigenvalue weighted by Crippen LogP contribution is -2.06. The first kappa shape index (κ1) is 20.1. The second-order valence-corrected chi connectivity index (χ2v) is 8.01. The number of nitrogens with one attached hydrogen (secondary N) is 1. The van der Waals surface area contributed by atoms with E-state index in [4.69, 9.17) is 9.97 Å². The van der Waals surface area contributed by atoms with Gasteiger partial charge in [-0.15, -0.1) is 5.10 Å². The standard InChI is InChI=1S/C25H25N7/c1-3-4-9-23-27-22-15-10-17(2)26-25(22)32(23)16-18-11-13-19(14-12-18)20-7-5-6-8-21(20)24-28-30-31-29-24/h5-8,10-15H,3-4,9,16H2,1-2H3,(H,28,29,30,31). The number of aryl methyl sites for hydroxylation is 2. The van der Waals surface area contributed by atoms with Crippen LogP contribution in [0.4, 0.5) is 0 Å². The molecule has 0 amide bonds. The van der Waals surface area contributed by atoms with E-state index in [-0.39, 0.29) is 0 Å². The summed E-state index contributed by atoms with van der Waals surface area (Å²) < 4.78 is 2.27. The number of rotatable bonds is 7. The first-order valence-corrected chi connectivity index (χ1v) is 11.0. The van der Waals surface area contributed by atoms with Gasteiger partial charge < -0.3 is 4.57 Å². The Bertz CT molecular complexity index is 1340. The summed E-state index contributed by atoms with van der Waals surface area (Å²) in [5.74, 6) is 1.77. The second-order valence-electron chi connectivity index (χ2n) is 8.01. The number of hydrogen-bond acceptors (Lipinski definition) is 5. The van der Waals surface area contributed by atoms with Crippen LogP contribution in [0.1, 0.15) is 36.8 Å². The molecule has 5 aromatic rings. The van der Waals surface area contributed by atoms with Crippen LogP contribution in [0, 0.1) is 6.92 Å². The summed E-state index contributed by atoms with van der Waals surface area (Å²) in [6.07, 6.45) is 3.22. The SMILES string of the molecule is CCCCc1nc2ccc(C)nc2n1Cc1ccc(-c2ccccc2-c2nnn[nH]2)cc1. The van der Waals surface area contributed by atoms with Crippen molar-refractivity contribution in [3.63, 3.8) is 0 Å². The van der Waals surface area contributed by atoms with Crippen molar-refractivity contribution in [2.45, 2.75) is 39.7 Å². The lowest BCUT2D eigenvalue weighted by atomic mass is 9.98. The van der Waals surface area contributed by atoms with Crippen molar-refractivity contribution in [1.29, 1.82) is 0 Å². The summed E-state index contributed by atoms with van der Waals surface area (Å²) in [6.45, 7) is 4.99. The normalized spacial score (nSPS) is 11.3. The first-order valence-electron chi connectivity index (χ1n) is 11.0. The van der Waals surface area contributed by atoms with Gasteiger partial charge >= 0.3 is 0 Å². The molecular formula is C25H25N7. The predicted molar refractivity (Wildman–Crippen MR) is 125 cm³/mol. The van der Waals surface area contributed by atoms with Crippen molar-refractivity contribution in [3.05, 3.63) is 77.7 Å². The molecule has 0 atom stereocenters. The third kappa shape index (κ3) is 3.89. The van der Waals surface area contributed by atoms with Crippen LogP contribution in [-0.4, -0.2) is 35.2 Å². The smallest absolute Gasteiger partial charge is 0.180 e. The number of pyridine rings is 1. The average molecular weight is 424 g/mol. The fourth-order valence-corrected chi connectivity index (χ4v) is 4.02. The van der Waals surface area contributed by atoms with Gasteiger partial charge in [0.05, 0.1) is 6.54 Å². The van der Waals surface area contributed by atoms with Crippen LogP contribution in [0.15, 0.2) is 60.7 Å². The molecule has 2 aromatic carbocycles. The minimum atomic E-state index is 0.663. The molecular weight excluding hydrogens is 398 g/mol. The topological polar surface area (TPSA) is 85.2 Å². The number of unbranched alkanes of at least 4 members (excludes halogenated alkanes) is 1. The molecule has 0 fully saturated rings. The van der Waals surface area contributed by atoms with Crippen molar-refractivity contribution in [2.24, 2.45) is 0 Å². The molecule has 1 N–H and O–H groups in total. The molecule has 0 aliphatic carbocycles. The molecule has 32 heavy (non-hydrogen) atoms. The van der Waals surface area contributed by atoms with Gasteiger partial charge in [-0.05, 0) is 52.6 Å². The molecule has 160 valence electrons. The molecule has 3 aromatic heterocycles. The fourth-order valence-electron chi connectivity index (χ4n) is 4.02. The summed E-state index contributed by atoms with van der Waals surface area (Å²) in [7, 11) is 0. The number of imidazole rings is 1. The highest BCUT2D eigenvalue weighted by Crippen LogP contribution is 2.30. The molecule has 0 saturated heterocycles. The van der Waals surface area contributed by atoms with Gasteiger partial charge in [0.2, 0.25) is 0 Å². The van der Waals surface area contributed by atoms with E-state index in [0.717, 1.165) is 65.2 Å². The third-order valence-corrected chi connectivity index (χ3v) is 5.70. The van der Waals surface area contributed by atoms with Crippen LogP contribution in [0.3, 0.4) is 0 Å². The molecule has 0 aliphatic rings. The molecule has 0 bridgehead atoms. The number of aromatic amines is 1. The fraction of sp³-hybridized carbons (Fsp3) is 0.240. The predicted octanol–water partition coefficient (Wildman–Crippen LogP) is 4.98. The largest absolute Gasteiger partial charge is 0.308 e. The summed E-state index contributed by atoms with van der Waals surface area (Å²) >= 11 is 0. The van der Waals surface area contributed by atoms with E-state index in [9.17, 15) is 0 Å². The Morgan fingerprint density at radius 2 is 1.72 bits per heavy atom. The Labute approximate surface area is 186 Å². The van der Waals surface area contributed by atoms with E-state index in [0.29, 0.717) is 5.82 Å². The molecule has 5 rings (SSSR count). The number of benzene rings is 2. The van der Waals surface area contributed by atoms with E-state index in [1.165, 1.54) is 5.56 Å². The van der Waals surface area contributed by atoms with Crippen LogP contribution in [0.2, 0.25) is 0 Å². The van der Waals surface area contributed by atoms with E-state index in [1.807, 2.05) is 31.2 Å². The van der Waals surface area contributed by atoms with Crippen molar-refractivity contribution in [3.8, 4) is 22.5 Å². The lowest BCUT2D eigenvalue weighted by Gasteiger charge is -2.11. The zero-order chi connectivity index (χ0) is 21.9. The maximum atomic E-state index is 4.87. The minimum Gasteiger partial charge on any atom is -0.308 e. The van der Waals surface area contributed by atoms with Gasteiger partial charge in [-0.2, -0.15) is 0 Å². The summed E-state index contributed by atoms with van der Waals surface area (Å²) in [5, 5.41) is 14.4. The van der Waals surface area contributed by atoms with Gasteiger partial charge in [-0.3, -0.25) is 0 Å². The van der Waals surface area contributed by atoms with Crippen molar-refractivity contribution < 1.29 is 0 Å². The Hall–Kier alpha value is -3.87. The van der Waals surface area contributed by atoms with Gasteiger partial charge in [0.25, 0.3) is 0 Å². The number of hydrogen-bond donors (Lipinski definition) is 1. The first-order chi connectivity index (χ1) is 15.7. The van der Waals surface area contributed by atoms with Gasteiger partial charge in [0, 0.05) is 17.7 Å². The maximum Gasteiger partial charge on any atom is 0.180 e. The van der Waals surface area contributed by atoms with Crippen LogP contribution < -0.4 is 0 Å². The maximum absolute atomic E-state index is 4.87. The molecule has 3 heterocycles. The third-order valence-electron chi connectivity index (χ3n) is 5.70. The number of H-pyrrole nitrogens is 1. The number of nitrogens with zero attached hydrogens (tertiary/aromatic N) is 6. The number of fused-ring (bicyclic) bond motifs is 1. The van der Waals surface area contributed by atoms with Crippen LogP contribution in [-0.2, 0) is 13.0 Å². The van der Waals surface area contributed by atoms with Crippen molar-refractivity contribution in [2.75, 3.05) is 0 Å². The van der Waals surface area contributed by atoms with E-state index in [2.05, 4.69) is 68.5 Å². The Morgan fingerprint density at radius 1 is 0.906 bits per heavy atom. The molecule has 0 radical (unpaired) electrons. The lowest BCUT2D eigenvalue weighted by molar-refractivity contribution is 0.686. The zero-order valence-electron chi connectivity index (χ0n) is 18.3. The van der Waals surface area contributed by atoms with E-state index < -0.39 is 0 Å². The monoisotopic (exact) mass is 423 g/mol. The quantitative estimate of drug-likeness (QED) is 0.399. The Kier molecular flexibility index (Phi) is 5.46. The number of aromatic nitrogens is 7. The average Bonchev–Trinajstić information content (AvgIpc) is 3.47. The van der Waals surface area contributed by atoms with Gasteiger partial charge in [-0.1, -0.05) is 61.9 Å². The Balaban J connectivity index is 1.48. The van der Waals surface area contributed by atoms with Gasteiger partial charge in [0.15, 0.2) is 11.5 Å². The molecule has 7 nitrogen and oxygen atoms in total. The van der Waals surface area contributed by atoms with Crippen LogP contribution >= 0.6 is 0 Å². The Morgan fingerprint density at radius 3 is 2.47 bits per heavy atom. The summed E-state index contributed by atoms with van der Waals surface area (Å²) in [5.41, 5.74) is 7.34. The van der Waals surface area contributed by atoms with E-state index >= 15 is 0 Å². The van der Waals surface area contributed by atoms with Gasteiger partial charge in [-0.25, -0.2) is 15.1 Å². The van der Waals surface area contributed by atoms with Gasteiger partial charge in [0.1, 0.15) is 11.3 Å². The number of tetrazole rings is 1. The molecule has 0 saturated carbocycles. The molecule has 0 unspecified atom stereocenters. The minimum absolute atomic E-state index is 0.663. The summed E-state index contributed by atoms with van der Waals surface area (Å²) in [4.78, 5) is 9.65. The van der Waals surface area contributed by atoms with Crippen LogP contribution in [0.25, 0.3) is 33.7 Å². The molecule has 7 heteroatoms.